The van der Waals surface area contributed by atoms with Crippen LogP contribution in [-0.4, -0.2) is 15.3 Å². The highest BCUT2D eigenvalue weighted by atomic mass is 35.5. The second kappa shape index (κ2) is 6.72. The van der Waals surface area contributed by atoms with E-state index in [1.807, 2.05) is 12.1 Å². The number of benzene rings is 2. The third-order valence-electron chi connectivity index (χ3n) is 5.62. The van der Waals surface area contributed by atoms with Gasteiger partial charge in [-0.1, -0.05) is 59.6 Å². The van der Waals surface area contributed by atoms with E-state index in [1.54, 1.807) is 37.3 Å². The molecule has 2 aromatic carbocycles. The topological polar surface area (TPSA) is 84.0 Å². The molecule has 1 aliphatic heterocycles. The van der Waals surface area contributed by atoms with Gasteiger partial charge < -0.3 is 5.32 Å². The molecule has 8 heteroatoms. The summed E-state index contributed by atoms with van der Waals surface area (Å²) in [5, 5.41) is 3.79. The zero-order chi connectivity index (χ0) is 21.2. The van der Waals surface area contributed by atoms with Crippen molar-refractivity contribution in [2.75, 3.05) is 5.32 Å². The number of hydrogen-bond acceptors (Lipinski definition) is 4. The van der Waals surface area contributed by atoms with Gasteiger partial charge in [-0.15, -0.1) is 0 Å². The molecule has 0 spiro atoms. The summed E-state index contributed by atoms with van der Waals surface area (Å²) in [6.07, 6.45) is 0. The summed E-state index contributed by atoms with van der Waals surface area (Å²) < 4.78 is 1.44. The van der Waals surface area contributed by atoms with Crippen LogP contribution in [-0.2, 0) is 6.54 Å². The van der Waals surface area contributed by atoms with E-state index in [0.29, 0.717) is 39.8 Å². The molecule has 1 atom stereocenters. The van der Waals surface area contributed by atoms with Crippen LogP contribution < -0.4 is 16.6 Å². The lowest BCUT2D eigenvalue weighted by Gasteiger charge is -2.30. The molecule has 2 aliphatic rings. The Morgan fingerprint density at radius 1 is 1.00 bits per heavy atom. The molecule has 3 aromatic rings. The van der Waals surface area contributed by atoms with E-state index in [0.717, 1.165) is 5.56 Å². The van der Waals surface area contributed by atoms with Gasteiger partial charge in [0.05, 0.1) is 27.2 Å². The number of H-pyrrole nitrogens is 1. The van der Waals surface area contributed by atoms with Crippen LogP contribution in [0.25, 0.3) is 5.70 Å². The number of anilines is 1. The summed E-state index contributed by atoms with van der Waals surface area (Å²) in [6, 6.07) is 12.3. The van der Waals surface area contributed by atoms with E-state index in [2.05, 4.69) is 10.3 Å². The SMILES string of the molecule is CCn1c2c(c(=O)[nH]c1=O)C(c1cccc(Cl)c1Cl)C1=C(N2)c2ccccc2C1=O. The van der Waals surface area contributed by atoms with Crippen molar-refractivity contribution >= 4 is 40.5 Å². The monoisotopic (exact) mass is 439 g/mol. The standard InChI is InChI=1S/C22H15Cl2N3O3/c1-2-27-20-16(21(29)26-22(27)30)14(12-8-5-9-13(23)17(12)24)15-18(25-20)10-6-3-4-7-11(10)19(15)28/h3-9,14,25H,2H2,1H3,(H,26,29,30). The fourth-order valence-corrected chi connectivity index (χ4v) is 4.74. The maximum Gasteiger partial charge on any atom is 0.329 e. The Kier molecular flexibility index (Phi) is 4.24. The lowest BCUT2D eigenvalue weighted by Crippen LogP contribution is -2.38. The number of ketones is 1. The van der Waals surface area contributed by atoms with Crippen LogP contribution in [0.1, 0.15) is 39.9 Å². The van der Waals surface area contributed by atoms with Crippen LogP contribution >= 0.6 is 23.2 Å². The number of Topliss-reactive ketones (excluding diaryl/α,β-unsaturated/α-hetero) is 1. The van der Waals surface area contributed by atoms with Gasteiger partial charge in [-0.25, -0.2) is 4.79 Å². The molecule has 0 amide bonds. The van der Waals surface area contributed by atoms with E-state index in [9.17, 15) is 14.4 Å². The van der Waals surface area contributed by atoms with E-state index in [4.69, 9.17) is 23.2 Å². The number of allylic oxidation sites excluding steroid dienone is 1. The number of rotatable bonds is 2. The number of nitrogens with one attached hydrogen (secondary N) is 2. The second-order valence-electron chi connectivity index (χ2n) is 7.13. The van der Waals surface area contributed by atoms with Gasteiger partial charge >= 0.3 is 5.69 Å². The molecule has 150 valence electrons. The van der Waals surface area contributed by atoms with Gasteiger partial charge in [0.1, 0.15) is 5.82 Å². The van der Waals surface area contributed by atoms with Gasteiger partial charge in [0, 0.05) is 23.2 Å². The largest absolute Gasteiger partial charge is 0.340 e. The minimum Gasteiger partial charge on any atom is -0.340 e. The Labute approximate surface area is 180 Å². The van der Waals surface area contributed by atoms with E-state index < -0.39 is 17.2 Å². The number of fused-ring (bicyclic) bond motifs is 3. The predicted octanol–water partition coefficient (Wildman–Crippen LogP) is 4.03. The van der Waals surface area contributed by atoms with Crippen molar-refractivity contribution in [1.82, 2.24) is 9.55 Å². The van der Waals surface area contributed by atoms with Gasteiger partial charge in [-0.2, -0.15) is 0 Å². The molecule has 0 bridgehead atoms. The molecular weight excluding hydrogens is 425 g/mol. The summed E-state index contributed by atoms with van der Waals surface area (Å²) in [4.78, 5) is 41.2. The first-order valence-electron chi connectivity index (χ1n) is 9.40. The smallest absolute Gasteiger partial charge is 0.329 e. The number of carbonyl (C=O) groups excluding carboxylic acids is 1. The molecule has 1 aromatic heterocycles. The van der Waals surface area contributed by atoms with Crippen molar-refractivity contribution in [2.24, 2.45) is 0 Å². The molecule has 2 N–H and O–H groups in total. The molecule has 2 heterocycles. The summed E-state index contributed by atoms with van der Waals surface area (Å²) in [7, 11) is 0. The highest BCUT2D eigenvalue weighted by Crippen LogP contribution is 2.49. The third-order valence-corrected chi connectivity index (χ3v) is 6.45. The lowest BCUT2D eigenvalue weighted by molar-refractivity contribution is 0.103. The zero-order valence-corrected chi connectivity index (χ0v) is 17.3. The first-order valence-corrected chi connectivity index (χ1v) is 10.2. The quantitative estimate of drug-likeness (QED) is 0.631. The average molecular weight is 440 g/mol. The Bertz CT molecular complexity index is 1400. The number of halogens is 2. The molecule has 0 saturated heterocycles. The first kappa shape index (κ1) is 18.9. The maximum atomic E-state index is 13.4. The number of aromatic nitrogens is 2. The highest BCUT2D eigenvalue weighted by Gasteiger charge is 2.43. The maximum absolute atomic E-state index is 13.4. The summed E-state index contributed by atoms with van der Waals surface area (Å²) in [5.41, 5.74) is 1.97. The van der Waals surface area contributed by atoms with Crippen LogP contribution in [0.2, 0.25) is 10.0 Å². The number of nitrogens with zero attached hydrogens (tertiary/aromatic N) is 1. The summed E-state index contributed by atoms with van der Waals surface area (Å²) in [6.45, 7) is 2.14. The predicted molar refractivity (Wildman–Crippen MR) is 117 cm³/mol. The van der Waals surface area contributed by atoms with Crippen LogP contribution in [0.5, 0.6) is 0 Å². The molecule has 1 unspecified atom stereocenters. The van der Waals surface area contributed by atoms with Crippen LogP contribution in [0, 0.1) is 0 Å². The minimum atomic E-state index is -0.774. The van der Waals surface area contributed by atoms with E-state index >= 15 is 0 Å². The van der Waals surface area contributed by atoms with Gasteiger partial charge in [-0.05, 0) is 18.6 Å². The highest BCUT2D eigenvalue weighted by molar-refractivity contribution is 6.42. The van der Waals surface area contributed by atoms with Crippen LogP contribution in [0.15, 0.2) is 57.6 Å². The minimum absolute atomic E-state index is 0.187. The van der Waals surface area contributed by atoms with Crippen molar-refractivity contribution in [3.8, 4) is 0 Å². The normalized spacial score (nSPS) is 16.8. The van der Waals surface area contributed by atoms with Crippen LogP contribution in [0.4, 0.5) is 5.82 Å². The van der Waals surface area contributed by atoms with Gasteiger partial charge in [0.25, 0.3) is 5.56 Å². The number of carbonyl (C=O) groups is 1. The molecule has 6 nitrogen and oxygen atoms in total. The van der Waals surface area contributed by atoms with Gasteiger partial charge in [0.15, 0.2) is 5.78 Å². The number of aromatic amines is 1. The van der Waals surface area contributed by atoms with E-state index in [1.165, 1.54) is 4.57 Å². The van der Waals surface area contributed by atoms with Crippen molar-refractivity contribution in [1.29, 1.82) is 0 Å². The average Bonchev–Trinajstić information content (AvgIpc) is 3.01. The molecule has 30 heavy (non-hydrogen) atoms. The first-order chi connectivity index (χ1) is 14.4. The Morgan fingerprint density at radius 3 is 2.47 bits per heavy atom. The Balaban J connectivity index is 1.91. The fraction of sp³-hybridized carbons (Fsp3) is 0.136. The van der Waals surface area contributed by atoms with Crippen LogP contribution in [0.3, 0.4) is 0 Å². The molecule has 0 radical (unpaired) electrons. The Morgan fingerprint density at radius 2 is 1.73 bits per heavy atom. The Hall–Kier alpha value is -3.09. The van der Waals surface area contributed by atoms with Crippen molar-refractivity contribution in [3.05, 3.63) is 101 Å². The van der Waals surface area contributed by atoms with E-state index in [-0.39, 0.29) is 16.4 Å². The molecule has 1 aliphatic carbocycles. The molecule has 0 fully saturated rings. The molecular formula is C22H15Cl2N3O3. The van der Waals surface area contributed by atoms with Crippen molar-refractivity contribution < 1.29 is 4.79 Å². The van der Waals surface area contributed by atoms with Gasteiger partial charge in [-0.3, -0.25) is 19.1 Å². The zero-order valence-electron chi connectivity index (χ0n) is 15.8. The third kappa shape index (κ3) is 2.47. The lowest BCUT2D eigenvalue weighted by atomic mass is 9.81. The molecule has 0 saturated carbocycles. The van der Waals surface area contributed by atoms with Gasteiger partial charge in [0.2, 0.25) is 0 Å². The number of hydrogen-bond donors (Lipinski definition) is 2. The van der Waals surface area contributed by atoms with Crippen molar-refractivity contribution in [3.63, 3.8) is 0 Å². The fourth-order valence-electron chi connectivity index (χ4n) is 4.32. The molecule has 5 rings (SSSR count). The van der Waals surface area contributed by atoms with Crippen molar-refractivity contribution in [2.45, 2.75) is 19.4 Å². The second-order valence-corrected chi connectivity index (χ2v) is 7.92. The summed E-state index contributed by atoms with van der Waals surface area (Å²) in [5.74, 6) is -0.603. The summed E-state index contributed by atoms with van der Waals surface area (Å²) >= 11 is 12.8.